The second kappa shape index (κ2) is 6.08. The summed E-state index contributed by atoms with van der Waals surface area (Å²) in [5.41, 5.74) is 2.99. The second-order valence-electron chi connectivity index (χ2n) is 3.76. The Balaban J connectivity index is 2.65. The maximum atomic E-state index is 5.91. The van der Waals surface area contributed by atoms with E-state index < -0.39 is 0 Å². The van der Waals surface area contributed by atoms with Crippen LogP contribution in [0.5, 0.6) is 0 Å². The van der Waals surface area contributed by atoms with Crippen LogP contribution in [0.3, 0.4) is 0 Å². The Labute approximate surface area is 92.3 Å². The van der Waals surface area contributed by atoms with E-state index in [9.17, 15) is 0 Å². The van der Waals surface area contributed by atoms with Gasteiger partial charge in [0.2, 0.25) is 0 Å². The lowest BCUT2D eigenvalue weighted by Gasteiger charge is -2.09. The molecule has 1 heteroatoms. The molecule has 0 unspecified atom stereocenters. The highest BCUT2D eigenvalue weighted by molar-refractivity contribution is 6.29. The molecule has 0 saturated carbocycles. The molecule has 0 aliphatic heterocycles. The molecule has 0 N–H and O–H groups in total. The van der Waals surface area contributed by atoms with Crippen LogP contribution in [0, 0.1) is 0 Å². The summed E-state index contributed by atoms with van der Waals surface area (Å²) in [6.45, 7) is 4.46. The summed E-state index contributed by atoms with van der Waals surface area (Å²) in [5.74, 6) is 0. The molecule has 1 aliphatic rings. The van der Waals surface area contributed by atoms with Gasteiger partial charge in [0.05, 0.1) is 0 Å². The van der Waals surface area contributed by atoms with Crippen LogP contribution in [-0.4, -0.2) is 0 Å². The first-order chi connectivity index (χ1) is 6.76. The summed E-state index contributed by atoms with van der Waals surface area (Å²) in [6, 6.07) is 0. The van der Waals surface area contributed by atoms with Crippen molar-refractivity contribution in [2.75, 3.05) is 0 Å². The predicted octanol–water partition coefficient (Wildman–Crippen LogP) is 4.97. The van der Waals surface area contributed by atoms with Gasteiger partial charge < -0.3 is 0 Å². The van der Waals surface area contributed by atoms with Crippen LogP contribution in [-0.2, 0) is 0 Å². The predicted molar refractivity (Wildman–Crippen MR) is 64.5 cm³/mol. The molecule has 0 heterocycles. The highest BCUT2D eigenvalue weighted by atomic mass is 35.5. The van der Waals surface area contributed by atoms with Gasteiger partial charge in [-0.15, -0.1) is 0 Å². The Morgan fingerprint density at radius 2 is 2.14 bits per heavy atom. The number of hydrogen-bond donors (Lipinski definition) is 0. The van der Waals surface area contributed by atoms with Crippen LogP contribution in [0.15, 0.2) is 34.4 Å². The Morgan fingerprint density at radius 1 is 1.36 bits per heavy atom. The van der Waals surface area contributed by atoms with E-state index in [0.717, 1.165) is 17.9 Å². The average Bonchev–Trinajstić information content (AvgIpc) is 2.20. The summed E-state index contributed by atoms with van der Waals surface area (Å²) in [7, 11) is 0. The van der Waals surface area contributed by atoms with Crippen molar-refractivity contribution in [3.05, 3.63) is 34.4 Å². The van der Waals surface area contributed by atoms with Gasteiger partial charge in [-0.2, -0.15) is 0 Å². The van der Waals surface area contributed by atoms with Crippen LogP contribution in [0.4, 0.5) is 0 Å². The topological polar surface area (TPSA) is 0 Å². The third-order valence-electron chi connectivity index (χ3n) is 2.55. The molecule has 1 aliphatic carbocycles. The molecule has 0 fully saturated rings. The highest BCUT2D eigenvalue weighted by Crippen LogP contribution is 2.23. The molecule has 0 spiro atoms. The van der Waals surface area contributed by atoms with Crippen molar-refractivity contribution in [1.29, 1.82) is 0 Å². The van der Waals surface area contributed by atoms with Crippen molar-refractivity contribution >= 4 is 11.6 Å². The third kappa shape index (κ3) is 3.71. The largest absolute Gasteiger partial charge is 0.0891 e. The minimum absolute atomic E-state index is 0.982. The summed E-state index contributed by atoms with van der Waals surface area (Å²) in [4.78, 5) is 0. The Kier molecular flexibility index (Phi) is 5.03. The zero-order valence-electron chi connectivity index (χ0n) is 9.15. The van der Waals surface area contributed by atoms with E-state index in [1.807, 2.05) is 6.08 Å². The number of allylic oxidation sites excluding steroid dienone is 6. The molecule has 1 rings (SSSR count). The van der Waals surface area contributed by atoms with Crippen molar-refractivity contribution in [3.8, 4) is 0 Å². The number of rotatable bonds is 4. The molecule has 0 bridgehead atoms. The average molecular weight is 211 g/mol. The van der Waals surface area contributed by atoms with E-state index in [1.54, 1.807) is 5.57 Å². The maximum absolute atomic E-state index is 5.91. The molecule has 0 amide bonds. The second-order valence-corrected chi connectivity index (χ2v) is 4.25. The number of halogens is 1. The van der Waals surface area contributed by atoms with Crippen molar-refractivity contribution < 1.29 is 0 Å². The van der Waals surface area contributed by atoms with Gasteiger partial charge in [0, 0.05) is 5.03 Å². The van der Waals surface area contributed by atoms with Gasteiger partial charge in [-0.05, 0) is 37.3 Å². The fourth-order valence-electron chi connectivity index (χ4n) is 1.68. The van der Waals surface area contributed by atoms with Crippen LogP contribution < -0.4 is 0 Å². The first-order valence-electron chi connectivity index (χ1n) is 5.51. The Hall–Kier alpha value is -0.490. The SMILES string of the molecule is CCC/C(=C\C1=CC=C(Cl)CC1)CC. The normalized spacial score (nSPS) is 17.8. The molecule has 0 aromatic heterocycles. The summed E-state index contributed by atoms with van der Waals surface area (Å²) >= 11 is 5.91. The van der Waals surface area contributed by atoms with E-state index in [2.05, 4.69) is 26.0 Å². The summed E-state index contributed by atoms with van der Waals surface area (Å²) in [5, 5.41) is 0.982. The van der Waals surface area contributed by atoms with Crippen LogP contribution >= 0.6 is 11.6 Å². The molecule has 78 valence electrons. The standard InChI is InChI=1S/C13H19Cl/c1-3-5-11(4-2)10-12-6-8-13(14)9-7-12/h6,8,10H,3-5,7,9H2,1-2H3/b11-10-. The van der Waals surface area contributed by atoms with E-state index in [4.69, 9.17) is 11.6 Å². The van der Waals surface area contributed by atoms with E-state index in [-0.39, 0.29) is 0 Å². The summed E-state index contributed by atoms with van der Waals surface area (Å²) < 4.78 is 0. The molecule has 0 atom stereocenters. The minimum atomic E-state index is 0.982. The van der Waals surface area contributed by atoms with E-state index in [1.165, 1.54) is 24.8 Å². The van der Waals surface area contributed by atoms with Crippen molar-refractivity contribution in [2.45, 2.75) is 46.0 Å². The molecular weight excluding hydrogens is 192 g/mol. The quantitative estimate of drug-likeness (QED) is 0.615. The Morgan fingerprint density at radius 3 is 2.64 bits per heavy atom. The van der Waals surface area contributed by atoms with Gasteiger partial charge in [0.15, 0.2) is 0 Å². The van der Waals surface area contributed by atoms with E-state index >= 15 is 0 Å². The monoisotopic (exact) mass is 210 g/mol. The lowest BCUT2D eigenvalue weighted by Crippen LogP contribution is -1.89. The molecule has 0 aromatic carbocycles. The van der Waals surface area contributed by atoms with Gasteiger partial charge in [0.1, 0.15) is 0 Å². The number of hydrogen-bond acceptors (Lipinski definition) is 0. The fraction of sp³-hybridized carbons (Fsp3) is 0.538. The van der Waals surface area contributed by atoms with Crippen LogP contribution in [0.25, 0.3) is 0 Å². The molecule has 0 radical (unpaired) electrons. The maximum Gasteiger partial charge on any atom is 0.0184 e. The molecular formula is C13H19Cl. The first kappa shape index (κ1) is 11.6. The van der Waals surface area contributed by atoms with Gasteiger partial charge in [-0.3, -0.25) is 0 Å². The molecule has 0 saturated heterocycles. The lowest BCUT2D eigenvalue weighted by atomic mass is 9.99. The molecule has 0 nitrogen and oxygen atoms in total. The van der Waals surface area contributed by atoms with Gasteiger partial charge >= 0.3 is 0 Å². The minimum Gasteiger partial charge on any atom is -0.0891 e. The zero-order chi connectivity index (χ0) is 10.4. The van der Waals surface area contributed by atoms with Gasteiger partial charge in [0.25, 0.3) is 0 Å². The zero-order valence-corrected chi connectivity index (χ0v) is 9.90. The smallest absolute Gasteiger partial charge is 0.0184 e. The van der Waals surface area contributed by atoms with Crippen LogP contribution in [0.1, 0.15) is 46.0 Å². The van der Waals surface area contributed by atoms with Crippen molar-refractivity contribution in [1.82, 2.24) is 0 Å². The third-order valence-corrected chi connectivity index (χ3v) is 2.86. The van der Waals surface area contributed by atoms with Gasteiger partial charge in [-0.1, -0.05) is 49.6 Å². The van der Waals surface area contributed by atoms with Crippen molar-refractivity contribution in [3.63, 3.8) is 0 Å². The molecule has 0 aromatic rings. The Bertz CT molecular complexity index is 269. The molecule has 14 heavy (non-hydrogen) atoms. The van der Waals surface area contributed by atoms with E-state index in [0.29, 0.717) is 0 Å². The van der Waals surface area contributed by atoms with Crippen LogP contribution in [0.2, 0.25) is 0 Å². The van der Waals surface area contributed by atoms with Crippen molar-refractivity contribution in [2.24, 2.45) is 0 Å². The lowest BCUT2D eigenvalue weighted by molar-refractivity contribution is 0.851. The first-order valence-corrected chi connectivity index (χ1v) is 5.88. The highest BCUT2D eigenvalue weighted by Gasteiger charge is 2.03. The summed E-state index contributed by atoms with van der Waals surface area (Å²) in [6.07, 6.45) is 12.3. The van der Waals surface area contributed by atoms with Gasteiger partial charge in [-0.25, -0.2) is 0 Å². The fourth-order valence-corrected chi connectivity index (χ4v) is 1.84.